The molecular weight excluding hydrogens is 473 g/mol. The lowest BCUT2D eigenvalue weighted by Crippen LogP contribution is -2.42. The number of ether oxygens (including phenoxy) is 2. The van der Waals surface area contributed by atoms with Crippen LogP contribution in [0.15, 0.2) is 40.7 Å². The van der Waals surface area contributed by atoms with Gasteiger partial charge < -0.3 is 20.1 Å². The molecule has 1 aromatic carbocycles. The second-order valence-corrected chi connectivity index (χ2v) is 7.92. The van der Waals surface area contributed by atoms with Crippen molar-refractivity contribution in [2.45, 2.75) is 32.2 Å². The second-order valence-electron chi connectivity index (χ2n) is 6.97. The topological polar surface area (TPSA) is 54.9 Å². The van der Waals surface area contributed by atoms with Gasteiger partial charge in [0.2, 0.25) is 0 Å². The van der Waals surface area contributed by atoms with Crippen LogP contribution < -0.4 is 20.1 Å². The van der Waals surface area contributed by atoms with Crippen molar-refractivity contribution in [2.75, 3.05) is 26.8 Å². The van der Waals surface area contributed by atoms with Crippen LogP contribution in [0.3, 0.4) is 0 Å². The number of guanidine groups is 1. The minimum absolute atomic E-state index is 0. The molecule has 1 aliphatic heterocycles. The lowest BCUT2D eigenvalue weighted by Gasteiger charge is -2.25. The van der Waals surface area contributed by atoms with E-state index in [-0.39, 0.29) is 29.4 Å². The van der Waals surface area contributed by atoms with E-state index in [1.165, 1.54) is 4.88 Å². The van der Waals surface area contributed by atoms with Crippen molar-refractivity contribution >= 4 is 41.3 Å². The SMILES string of the molecule is CN=C(NCc1ccc2c(c1)OCCCO2)NCC(C)(C)c1cccs1.I. The number of rotatable bonds is 5. The molecule has 0 unspecified atom stereocenters. The fourth-order valence-corrected chi connectivity index (χ4v) is 3.63. The van der Waals surface area contributed by atoms with E-state index in [0.29, 0.717) is 19.8 Å². The van der Waals surface area contributed by atoms with Crippen LogP contribution in [0, 0.1) is 0 Å². The molecule has 1 aromatic heterocycles. The van der Waals surface area contributed by atoms with Gasteiger partial charge in [-0.1, -0.05) is 26.0 Å². The van der Waals surface area contributed by atoms with Gasteiger partial charge >= 0.3 is 0 Å². The van der Waals surface area contributed by atoms with Crippen LogP contribution in [-0.2, 0) is 12.0 Å². The standard InChI is InChI=1S/C20H27N3O2S.HI/c1-20(2,18-6-4-11-26-18)14-23-19(21-3)22-13-15-7-8-16-17(12-15)25-10-5-9-24-16;/h4,6-8,11-12H,5,9-10,13-14H2,1-3H3,(H2,21,22,23);1H. The summed E-state index contributed by atoms with van der Waals surface area (Å²) in [6, 6.07) is 10.4. The van der Waals surface area contributed by atoms with Crippen LogP contribution >= 0.6 is 35.3 Å². The molecule has 0 spiro atoms. The van der Waals surface area contributed by atoms with Gasteiger partial charge in [0.1, 0.15) is 0 Å². The number of hydrogen-bond donors (Lipinski definition) is 2. The molecule has 0 saturated carbocycles. The molecule has 27 heavy (non-hydrogen) atoms. The Morgan fingerprint density at radius 1 is 1.15 bits per heavy atom. The summed E-state index contributed by atoms with van der Waals surface area (Å²) in [5.41, 5.74) is 1.19. The number of thiophene rings is 1. The number of nitrogens with zero attached hydrogens (tertiary/aromatic N) is 1. The predicted molar refractivity (Wildman–Crippen MR) is 123 cm³/mol. The third-order valence-corrected chi connectivity index (χ3v) is 5.62. The number of halogens is 1. The molecule has 2 N–H and O–H groups in total. The summed E-state index contributed by atoms with van der Waals surface area (Å²) >= 11 is 1.79. The van der Waals surface area contributed by atoms with Gasteiger partial charge in [0.15, 0.2) is 17.5 Å². The quantitative estimate of drug-likeness (QED) is 0.367. The Hall–Kier alpha value is -1.48. The first-order valence-corrected chi connectivity index (χ1v) is 9.83. The Bertz CT molecular complexity index is 748. The van der Waals surface area contributed by atoms with E-state index in [1.54, 1.807) is 18.4 Å². The maximum atomic E-state index is 5.76. The zero-order valence-electron chi connectivity index (χ0n) is 16.1. The van der Waals surface area contributed by atoms with E-state index in [9.17, 15) is 0 Å². The largest absolute Gasteiger partial charge is 0.490 e. The molecule has 0 bridgehead atoms. The Labute approximate surface area is 182 Å². The smallest absolute Gasteiger partial charge is 0.191 e. The predicted octanol–water partition coefficient (Wildman–Crippen LogP) is 4.17. The number of hydrogen-bond acceptors (Lipinski definition) is 4. The first-order valence-electron chi connectivity index (χ1n) is 8.95. The zero-order chi connectivity index (χ0) is 18.4. The third-order valence-electron chi connectivity index (χ3n) is 4.38. The molecule has 7 heteroatoms. The molecule has 0 amide bonds. The highest BCUT2D eigenvalue weighted by molar-refractivity contribution is 14.0. The van der Waals surface area contributed by atoms with E-state index in [0.717, 1.165) is 36.0 Å². The van der Waals surface area contributed by atoms with Gasteiger partial charge in [-0.15, -0.1) is 35.3 Å². The van der Waals surface area contributed by atoms with Gasteiger partial charge in [0.05, 0.1) is 13.2 Å². The van der Waals surface area contributed by atoms with Crippen molar-refractivity contribution in [3.05, 3.63) is 46.2 Å². The van der Waals surface area contributed by atoms with Crippen molar-refractivity contribution in [2.24, 2.45) is 4.99 Å². The minimum atomic E-state index is 0. The van der Waals surface area contributed by atoms with Crippen LogP contribution in [0.25, 0.3) is 0 Å². The summed E-state index contributed by atoms with van der Waals surface area (Å²) in [5, 5.41) is 8.92. The molecular formula is C20H28IN3O2S. The first-order chi connectivity index (χ1) is 12.6. The Morgan fingerprint density at radius 3 is 2.63 bits per heavy atom. The summed E-state index contributed by atoms with van der Waals surface area (Å²) in [6.45, 7) is 7.38. The highest BCUT2D eigenvalue weighted by Crippen LogP contribution is 2.30. The number of fused-ring (bicyclic) bond motifs is 1. The molecule has 2 heterocycles. The monoisotopic (exact) mass is 501 g/mol. The molecule has 0 saturated heterocycles. The molecule has 5 nitrogen and oxygen atoms in total. The van der Waals surface area contributed by atoms with Crippen LogP contribution in [0.5, 0.6) is 11.5 Å². The number of aliphatic imine (C=N–C) groups is 1. The van der Waals surface area contributed by atoms with Crippen LogP contribution in [-0.4, -0.2) is 32.8 Å². The molecule has 2 aromatic rings. The van der Waals surface area contributed by atoms with Gasteiger partial charge in [-0.05, 0) is 29.1 Å². The van der Waals surface area contributed by atoms with E-state index in [2.05, 4.69) is 53.1 Å². The Kier molecular flexibility index (Phi) is 8.22. The van der Waals surface area contributed by atoms with Gasteiger partial charge in [-0.3, -0.25) is 4.99 Å². The highest BCUT2D eigenvalue weighted by atomic mass is 127. The lowest BCUT2D eigenvalue weighted by atomic mass is 9.91. The lowest BCUT2D eigenvalue weighted by molar-refractivity contribution is 0.297. The molecule has 1 aliphatic rings. The number of benzene rings is 1. The fraction of sp³-hybridized carbons (Fsp3) is 0.450. The molecule has 0 radical (unpaired) electrons. The molecule has 0 fully saturated rings. The zero-order valence-corrected chi connectivity index (χ0v) is 19.2. The van der Waals surface area contributed by atoms with Gasteiger partial charge in [-0.2, -0.15) is 0 Å². The van der Waals surface area contributed by atoms with Crippen molar-refractivity contribution in [1.29, 1.82) is 0 Å². The maximum absolute atomic E-state index is 5.76. The number of nitrogens with one attached hydrogen (secondary N) is 2. The maximum Gasteiger partial charge on any atom is 0.191 e. The van der Waals surface area contributed by atoms with Crippen molar-refractivity contribution in [3.8, 4) is 11.5 Å². The van der Waals surface area contributed by atoms with E-state index in [4.69, 9.17) is 9.47 Å². The average molecular weight is 501 g/mol. The summed E-state index contributed by atoms with van der Waals surface area (Å²) < 4.78 is 11.4. The van der Waals surface area contributed by atoms with E-state index in [1.807, 2.05) is 12.1 Å². The van der Waals surface area contributed by atoms with Crippen molar-refractivity contribution < 1.29 is 9.47 Å². The van der Waals surface area contributed by atoms with Gasteiger partial charge in [0, 0.05) is 36.9 Å². The Morgan fingerprint density at radius 2 is 1.93 bits per heavy atom. The second kappa shape index (κ2) is 10.2. The highest BCUT2D eigenvalue weighted by Gasteiger charge is 2.22. The van der Waals surface area contributed by atoms with Gasteiger partial charge in [0.25, 0.3) is 0 Å². The van der Waals surface area contributed by atoms with Gasteiger partial charge in [-0.25, -0.2) is 0 Å². The summed E-state index contributed by atoms with van der Waals surface area (Å²) in [5.74, 6) is 2.44. The summed E-state index contributed by atoms with van der Waals surface area (Å²) in [7, 11) is 1.79. The van der Waals surface area contributed by atoms with Crippen molar-refractivity contribution in [1.82, 2.24) is 10.6 Å². The van der Waals surface area contributed by atoms with Crippen LogP contribution in [0.4, 0.5) is 0 Å². The van der Waals surface area contributed by atoms with Crippen LogP contribution in [0.1, 0.15) is 30.7 Å². The molecule has 148 valence electrons. The average Bonchev–Trinajstić information content (AvgIpc) is 3.09. The Balaban J connectivity index is 0.00000261. The molecule has 3 rings (SSSR count). The molecule has 0 atom stereocenters. The van der Waals surface area contributed by atoms with E-state index < -0.39 is 0 Å². The summed E-state index contributed by atoms with van der Waals surface area (Å²) in [4.78, 5) is 5.70. The van der Waals surface area contributed by atoms with Crippen LogP contribution in [0.2, 0.25) is 0 Å². The molecule has 0 aliphatic carbocycles. The summed E-state index contributed by atoms with van der Waals surface area (Å²) in [6.07, 6.45) is 0.916. The first kappa shape index (κ1) is 21.8. The third kappa shape index (κ3) is 6.00. The fourth-order valence-electron chi connectivity index (χ4n) is 2.78. The van der Waals surface area contributed by atoms with E-state index >= 15 is 0 Å². The van der Waals surface area contributed by atoms with Crippen molar-refractivity contribution in [3.63, 3.8) is 0 Å². The normalized spacial score (nSPS) is 14.1. The minimum Gasteiger partial charge on any atom is -0.490 e.